The Hall–Kier alpha value is -1.64. The molecule has 1 aliphatic carbocycles. The third kappa shape index (κ3) is 2.17. The number of aliphatic imine (C=N–C) groups is 1. The van der Waals surface area contributed by atoms with E-state index in [0.29, 0.717) is 5.92 Å². The Labute approximate surface area is 107 Å². The van der Waals surface area contributed by atoms with Gasteiger partial charge in [-0.3, -0.25) is 9.79 Å². The van der Waals surface area contributed by atoms with Crippen LogP contribution in [0.5, 0.6) is 0 Å². The molecular formula is C15H18N2O. The number of fused-ring (bicyclic) bond motifs is 1. The molecule has 1 fully saturated rings. The van der Waals surface area contributed by atoms with E-state index in [2.05, 4.69) is 16.4 Å². The summed E-state index contributed by atoms with van der Waals surface area (Å²) < 4.78 is 0. The van der Waals surface area contributed by atoms with Crippen LogP contribution in [0.25, 0.3) is 0 Å². The first-order valence-electron chi connectivity index (χ1n) is 6.78. The van der Waals surface area contributed by atoms with Gasteiger partial charge in [0, 0.05) is 22.9 Å². The van der Waals surface area contributed by atoms with E-state index in [1.165, 1.54) is 32.1 Å². The molecule has 1 aromatic rings. The molecule has 1 saturated carbocycles. The Balaban J connectivity index is 1.99. The topological polar surface area (TPSA) is 41.5 Å². The standard InChI is InChI=1S/C15H18N2O/c18-14-10-16-15(11-6-2-1-3-7-11)12-8-4-5-9-13(12)17-14/h4-5,8-9,11H,1-3,6-7,10H2,(H,17,18). The molecule has 0 unspecified atom stereocenters. The van der Waals surface area contributed by atoms with Crippen molar-refractivity contribution in [3.8, 4) is 0 Å². The van der Waals surface area contributed by atoms with Crippen molar-refractivity contribution in [3.63, 3.8) is 0 Å². The smallest absolute Gasteiger partial charge is 0.246 e. The van der Waals surface area contributed by atoms with Gasteiger partial charge in [-0.1, -0.05) is 37.5 Å². The molecule has 3 rings (SSSR count). The fourth-order valence-corrected chi connectivity index (χ4v) is 2.97. The minimum atomic E-state index is -0.00624. The number of anilines is 1. The van der Waals surface area contributed by atoms with Gasteiger partial charge in [0.15, 0.2) is 0 Å². The van der Waals surface area contributed by atoms with E-state index >= 15 is 0 Å². The molecule has 18 heavy (non-hydrogen) atoms. The first kappa shape index (κ1) is 11.5. The number of carbonyl (C=O) groups is 1. The van der Waals surface area contributed by atoms with Crippen molar-refractivity contribution in [1.82, 2.24) is 0 Å². The van der Waals surface area contributed by atoms with E-state index in [0.717, 1.165) is 17.0 Å². The second-order valence-electron chi connectivity index (χ2n) is 5.13. The fraction of sp³-hybridized carbons (Fsp3) is 0.467. The monoisotopic (exact) mass is 242 g/mol. The molecule has 0 radical (unpaired) electrons. The number of benzodiazepines with no additional fused rings is 1. The predicted molar refractivity (Wildman–Crippen MR) is 73.1 cm³/mol. The molecule has 1 heterocycles. The number of benzene rings is 1. The van der Waals surface area contributed by atoms with Crippen molar-refractivity contribution >= 4 is 17.3 Å². The SMILES string of the molecule is O=C1CN=C(C2CCCCC2)c2ccccc2N1. The van der Waals surface area contributed by atoms with E-state index in [1.54, 1.807) is 0 Å². The molecule has 0 aromatic heterocycles. The van der Waals surface area contributed by atoms with Crippen LogP contribution >= 0.6 is 0 Å². The molecule has 2 aliphatic rings. The lowest BCUT2D eigenvalue weighted by Gasteiger charge is -2.23. The van der Waals surface area contributed by atoms with Gasteiger partial charge in [-0.25, -0.2) is 0 Å². The first-order valence-corrected chi connectivity index (χ1v) is 6.78. The van der Waals surface area contributed by atoms with Crippen molar-refractivity contribution in [2.75, 3.05) is 11.9 Å². The summed E-state index contributed by atoms with van der Waals surface area (Å²) in [5.74, 6) is 0.529. The zero-order valence-corrected chi connectivity index (χ0v) is 10.5. The summed E-state index contributed by atoms with van der Waals surface area (Å²) in [7, 11) is 0. The lowest BCUT2D eigenvalue weighted by Crippen LogP contribution is -2.19. The van der Waals surface area contributed by atoms with Crippen LogP contribution in [0.2, 0.25) is 0 Å². The number of carbonyl (C=O) groups excluding carboxylic acids is 1. The van der Waals surface area contributed by atoms with Gasteiger partial charge in [0.1, 0.15) is 6.54 Å². The molecule has 1 aromatic carbocycles. The molecule has 0 saturated heterocycles. The maximum Gasteiger partial charge on any atom is 0.246 e. The molecule has 0 bridgehead atoms. The summed E-state index contributed by atoms with van der Waals surface area (Å²) in [6.07, 6.45) is 6.33. The Morgan fingerprint density at radius 1 is 1.11 bits per heavy atom. The average molecular weight is 242 g/mol. The van der Waals surface area contributed by atoms with E-state index in [1.807, 2.05) is 18.2 Å². The average Bonchev–Trinajstić information content (AvgIpc) is 2.58. The van der Waals surface area contributed by atoms with Crippen molar-refractivity contribution < 1.29 is 4.79 Å². The zero-order valence-electron chi connectivity index (χ0n) is 10.5. The van der Waals surface area contributed by atoms with Crippen LogP contribution in [0, 0.1) is 5.92 Å². The maximum absolute atomic E-state index is 11.7. The molecule has 1 aliphatic heterocycles. The Kier molecular flexibility index (Phi) is 3.13. The van der Waals surface area contributed by atoms with Gasteiger partial charge in [0.25, 0.3) is 0 Å². The summed E-state index contributed by atoms with van der Waals surface area (Å²) >= 11 is 0. The van der Waals surface area contributed by atoms with Crippen LogP contribution in [0.4, 0.5) is 5.69 Å². The van der Waals surface area contributed by atoms with Gasteiger partial charge in [0.05, 0.1) is 0 Å². The van der Waals surface area contributed by atoms with E-state index in [4.69, 9.17) is 0 Å². The second kappa shape index (κ2) is 4.92. The zero-order chi connectivity index (χ0) is 12.4. The largest absolute Gasteiger partial charge is 0.324 e. The Bertz CT molecular complexity index is 487. The van der Waals surface area contributed by atoms with Gasteiger partial charge in [-0.2, -0.15) is 0 Å². The van der Waals surface area contributed by atoms with Crippen LogP contribution in [-0.4, -0.2) is 18.2 Å². The van der Waals surface area contributed by atoms with Crippen molar-refractivity contribution in [2.24, 2.45) is 10.9 Å². The Morgan fingerprint density at radius 2 is 1.89 bits per heavy atom. The number of hydrogen-bond acceptors (Lipinski definition) is 2. The van der Waals surface area contributed by atoms with Crippen LogP contribution in [0.3, 0.4) is 0 Å². The van der Waals surface area contributed by atoms with E-state index in [-0.39, 0.29) is 12.5 Å². The molecule has 94 valence electrons. The summed E-state index contributed by atoms with van der Waals surface area (Å²) in [5, 5.41) is 2.94. The fourth-order valence-electron chi connectivity index (χ4n) is 2.97. The van der Waals surface area contributed by atoms with Crippen LogP contribution < -0.4 is 5.32 Å². The van der Waals surface area contributed by atoms with E-state index in [9.17, 15) is 4.79 Å². The maximum atomic E-state index is 11.7. The van der Waals surface area contributed by atoms with E-state index < -0.39 is 0 Å². The van der Waals surface area contributed by atoms with Gasteiger partial charge >= 0.3 is 0 Å². The number of amides is 1. The van der Waals surface area contributed by atoms with Crippen molar-refractivity contribution in [2.45, 2.75) is 32.1 Å². The van der Waals surface area contributed by atoms with Crippen LogP contribution in [0.15, 0.2) is 29.3 Å². The quantitative estimate of drug-likeness (QED) is 0.808. The minimum absolute atomic E-state index is 0.00624. The number of rotatable bonds is 1. The Morgan fingerprint density at radius 3 is 2.72 bits per heavy atom. The molecule has 0 atom stereocenters. The number of para-hydroxylation sites is 1. The molecule has 3 nitrogen and oxygen atoms in total. The lowest BCUT2D eigenvalue weighted by atomic mass is 9.83. The van der Waals surface area contributed by atoms with Gasteiger partial charge in [0.2, 0.25) is 5.91 Å². The number of nitrogens with zero attached hydrogens (tertiary/aromatic N) is 1. The highest BCUT2D eigenvalue weighted by molar-refractivity contribution is 6.11. The molecule has 3 heteroatoms. The third-order valence-electron chi connectivity index (χ3n) is 3.86. The lowest BCUT2D eigenvalue weighted by molar-refractivity contribution is -0.114. The van der Waals surface area contributed by atoms with Crippen molar-refractivity contribution in [1.29, 1.82) is 0 Å². The van der Waals surface area contributed by atoms with Gasteiger partial charge in [-0.15, -0.1) is 0 Å². The summed E-state index contributed by atoms with van der Waals surface area (Å²) in [6.45, 7) is 0.264. The summed E-state index contributed by atoms with van der Waals surface area (Å²) in [5.41, 5.74) is 3.18. The number of nitrogens with one attached hydrogen (secondary N) is 1. The molecule has 1 amide bonds. The molecule has 0 spiro atoms. The minimum Gasteiger partial charge on any atom is -0.324 e. The summed E-state index contributed by atoms with van der Waals surface area (Å²) in [4.78, 5) is 16.2. The van der Waals surface area contributed by atoms with Gasteiger partial charge in [-0.05, 0) is 18.9 Å². The van der Waals surface area contributed by atoms with Crippen LogP contribution in [0.1, 0.15) is 37.7 Å². The first-order chi connectivity index (χ1) is 8.84. The summed E-state index contributed by atoms with van der Waals surface area (Å²) in [6, 6.07) is 8.03. The molecule has 1 N–H and O–H groups in total. The highest BCUT2D eigenvalue weighted by Gasteiger charge is 2.24. The number of hydrogen-bond donors (Lipinski definition) is 1. The second-order valence-corrected chi connectivity index (χ2v) is 5.13. The van der Waals surface area contributed by atoms with Crippen LogP contribution in [-0.2, 0) is 4.79 Å². The van der Waals surface area contributed by atoms with Crippen molar-refractivity contribution in [3.05, 3.63) is 29.8 Å². The third-order valence-corrected chi connectivity index (χ3v) is 3.86. The predicted octanol–water partition coefficient (Wildman–Crippen LogP) is 3.01. The highest BCUT2D eigenvalue weighted by atomic mass is 16.1. The highest BCUT2D eigenvalue weighted by Crippen LogP contribution is 2.30. The normalized spacial score (nSPS) is 20.7. The van der Waals surface area contributed by atoms with Gasteiger partial charge < -0.3 is 5.32 Å². The molecular weight excluding hydrogens is 224 g/mol.